The molecule has 1 rings (SSSR count). The van der Waals surface area contributed by atoms with Crippen molar-refractivity contribution >= 4 is 19.9 Å². The number of sulfonamides is 1. The zero-order chi connectivity index (χ0) is 11.5. The van der Waals surface area contributed by atoms with Gasteiger partial charge in [-0.1, -0.05) is 6.92 Å². The third-order valence-corrected chi connectivity index (χ3v) is 6.29. The molecule has 15 heavy (non-hydrogen) atoms. The van der Waals surface area contributed by atoms with Gasteiger partial charge in [0.25, 0.3) is 0 Å². The molecule has 0 aromatic heterocycles. The first-order valence-corrected chi connectivity index (χ1v) is 8.43. The quantitative estimate of drug-likeness (QED) is 0.743. The summed E-state index contributed by atoms with van der Waals surface area (Å²) in [6, 6.07) is 0. The van der Waals surface area contributed by atoms with Gasteiger partial charge in [0.15, 0.2) is 9.84 Å². The minimum atomic E-state index is -3.28. The number of nitrogens with one attached hydrogen (secondary N) is 1. The van der Waals surface area contributed by atoms with Gasteiger partial charge < -0.3 is 0 Å². The highest BCUT2D eigenvalue weighted by molar-refractivity contribution is 7.92. The van der Waals surface area contributed by atoms with Crippen LogP contribution in [-0.2, 0) is 19.9 Å². The van der Waals surface area contributed by atoms with Crippen LogP contribution in [0.2, 0.25) is 0 Å². The topological polar surface area (TPSA) is 80.3 Å². The molecule has 1 N–H and O–H groups in total. The Bertz CT molecular complexity index is 398. The molecular weight excluding hydrogens is 238 g/mol. The highest BCUT2D eigenvalue weighted by Gasteiger charge is 2.31. The fraction of sp³-hybridized carbons (Fsp3) is 1.00. The van der Waals surface area contributed by atoms with E-state index in [1.165, 1.54) is 0 Å². The van der Waals surface area contributed by atoms with E-state index >= 15 is 0 Å². The second kappa shape index (κ2) is 4.80. The maximum atomic E-state index is 11.4. The maximum absolute atomic E-state index is 11.4. The van der Waals surface area contributed by atoms with E-state index in [1.807, 2.05) is 0 Å². The third-order valence-electron chi connectivity index (χ3n) is 2.47. The molecule has 7 heteroatoms. The summed E-state index contributed by atoms with van der Waals surface area (Å²) in [5.74, 6) is 0.243. The van der Waals surface area contributed by atoms with Gasteiger partial charge in [0, 0.05) is 6.54 Å². The average molecular weight is 255 g/mol. The normalized spacial score (nSPS) is 25.5. The molecule has 0 aromatic carbocycles. The summed E-state index contributed by atoms with van der Waals surface area (Å²) in [5.41, 5.74) is 0. The minimum Gasteiger partial charge on any atom is -0.229 e. The van der Waals surface area contributed by atoms with E-state index < -0.39 is 25.1 Å². The molecule has 0 radical (unpaired) electrons. The van der Waals surface area contributed by atoms with Gasteiger partial charge in [-0.25, -0.2) is 21.6 Å². The van der Waals surface area contributed by atoms with Crippen molar-refractivity contribution in [2.75, 3.05) is 18.1 Å². The Morgan fingerprint density at radius 1 is 1.40 bits per heavy atom. The van der Waals surface area contributed by atoms with Crippen molar-refractivity contribution in [3.05, 3.63) is 0 Å². The molecule has 1 atom stereocenters. The van der Waals surface area contributed by atoms with Crippen LogP contribution in [0.15, 0.2) is 0 Å². The van der Waals surface area contributed by atoms with E-state index in [0.29, 0.717) is 19.3 Å². The Labute approximate surface area is 91.2 Å². The van der Waals surface area contributed by atoms with Crippen molar-refractivity contribution in [2.24, 2.45) is 0 Å². The van der Waals surface area contributed by atoms with Crippen LogP contribution in [-0.4, -0.2) is 40.1 Å². The van der Waals surface area contributed by atoms with Crippen molar-refractivity contribution in [1.29, 1.82) is 0 Å². The monoisotopic (exact) mass is 255 g/mol. The largest absolute Gasteiger partial charge is 0.229 e. The van der Waals surface area contributed by atoms with Crippen LogP contribution >= 0.6 is 0 Å². The van der Waals surface area contributed by atoms with Crippen molar-refractivity contribution in [3.8, 4) is 0 Å². The summed E-state index contributed by atoms with van der Waals surface area (Å²) >= 11 is 0. The second-order valence-electron chi connectivity index (χ2n) is 3.80. The summed E-state index contributed by atoms with van der Waals surface area (Å²) in [5, 5.41) is -0.524. The highest BCUT2D eigenvalue weighted by Crippen LogP contribution is 2.19. The van der Waals surface area contributed by atoms with Gasteiger partial charge in [-0.3, -0.25) is 0 Å². The third kappa shape index (κ3) is 3.73. The van der Waals surface area contributed by atoms with E-state index in [2.05, 4.69) is 4.72 Å². The molecule has 0 aromatic rings. The van der Waals surface area contributed by atoms with Crippen molar-refractivity contribution in [1.82, 2.24) is 4.72 Å². The lowest BCUT2D eigenvalue weighted by Crippen LogP contribution is -2.35. The van der Waals surface area contributed by atoms with Gasteiger partial charge in [0.2, 0.25) is 10.0 Å². The second-order valence-corrected chi connectivity index (χ2v) is 8.13. The summed E-state index contributed by atoms with van der Waals surface area (Å²) in [6.07, 6.45) is 1.74. The van der Waals surface area contributed by atoms with Gasteiger partial charge in [0.05, 0.1) is 16.8 Å². The van der Waals surface area contributed by atoms with Crippen molar-refractivity contribution < 1.29 is 16.8 Å². The molecule has 0 amide bonds. The first kappa shape index (κ1) is 12.9. The van der Waals surface area contributed by atoms with Crippen molar-refractivity contribution in [3.63, 3.8) is 0 Å². The SMILES string of the molecule is CCCS(=O)(=O)NCC1CCCS1(=O)=O. The highest BCUT2D eigenvalue weighted by atomic mass is 32.2. The first-order chi connectivity index (χ1) is 6.87. The Balaban J connectivity index is 2.51. The predicted octanol–water partition coefficient (Wildman–Crippen LogP) is -0.107. The summed E-state index contributed by atoms with van der Waals surface area (Å²) in [7, 11) is -6.34. The molecule has 1 aliphatic heterocycles. The molecule has 90 valence electrons. The van der Waals surface area contributed by atoms with Crippen LogP contribution in [0.4, 0.5) is 0 Å². The molecule has 1 fully saturated rings. The predicted molar refractivity (Wildman–Crippen MR) is 58.9 cm³/mol. The van der Waals surface area contributed by atoms with Crippen LogP contribution in [0.3, 0.4) is 0 Å². The van der Waals surface area contributed by atoms with E-state index in [1.54, 1.807) is 6.92 Å². The smallest absolute Gasteiger partial charge is 0.211 e. The fourth-order valence-corrected chi connectivity index (χ4v) is 4.66. The van der Waals surface area contributed by atoms with E-state index in [4.69, 9.17) is 0 Å². The zero-order valence-corrected chi connectivity index (χ0v) is 10.4. The van der Waals surface area contributed by atoms with E-state index in [-0.39, 0.29) is 18.1 Å². The molecule has 0 bridgehead atoms. The van der Waals surface area contributed by atoms with Gasteiger partial charge in [-0.15, -0.1) is 0 Å². The molecule has 1 aliphatic rings. The minimum absolute atomic E-state index is 0.0324. The molecule has 0 spiro atoms. The van der Waals surface area contributed by atoms with Gasteiger partial charge in [-0.2, -0.15) is 0 Å². The summed E-state index contributed by atoms with van der Waals surface area (Å²) in [4.78, 5) is 0. The Morgan fingerprint density at radius 3 is 2.53 bits per heavy atom. The number of rotatable bonds is 5. The number of hydrogen-bond acceptors (Lipinski definition) is 4. The van der Waals surface area contributed by atoms with Crippen LogP contribution < -0.4 is 4.72 Å². The Kier molecular flexibility index (Phi) is 4.13. The lowest BCUT2D eigenvalue weighted by Gasteiger charge is -2.10. The van der Waals surface area contributed by atoms with E-state index in [0.717, 1.165) is 0 Å². The number of sulfone groups is 1. The lowest BCUT2D eigenvalue weighted by molar-refractivity contribution is 0.570. The molecule has 0 saturated carbocycles. The van der Waals surface area contributed by atoms with Crippen LogP contribution in [0, 0.1) is 0 Å². The molecule has 5 nitrogen and oxygen atoms in total. The Hall–Kier alpha value is -0.140. The lowest BCUT2D eigenvalue weighted by atomic mass is 10.2. The molecule has 0 aliphatic carbocycles. The van der Waals surface area contributed by atoms with Crippen molar-refractivity contribution in [2.45, 2.75) is 31.4 Å². The molecule has 1 heterocycles. The maximum Gasteiger partial charge on any atom is 0.211 e. The molecular formula is C8H17NO4S2. The zero-order valence-electron chi connectivity index (χ0n) is 8.77. The van der Waals surface area contributed by atoms with Crippen LogP contribution in [0.5, 0.6) is 0 Å². The van der Waals surface area contributed by atoms with Crippen LogP contribution in [0.25, 0.3) is 0 Å². The van der Waals surface area contributed by atoms with Crippen LogP contribution in [0.1, 0.15) is 26.2 Å². The molecule has 1 saturated heterocycles. The number of hydrogen-bond donors (Lipinski definition) is 1. The van der Waals surface area contributed by atoms with Gasteiger partial charge in [0.1, 0.15) is 0 Å². The standard InChI is InChI=1S/C8H17NO4S2/c1-2-5-15(12,13)9-7-8-4-3-6-14(8,10)11/h8-9H,2-7H2,1H3. The van der Waals surface area contributed by atoms with E-state index in [9.17, 15) is 16.8 Å². The Morgan fingerprint density at radius 2 is 2.07 bits per heavy atom. The van der Waals surface area contributed by atoms with Gasteiger partial charge >= 0.3 is 0 Å². The summed E-state index contributed by atoms with van der Waals surface area (Å²) in [6.45, 7) is 1.80. The molecule has 1 unspecified atom stereocenters. The first-order valence-electron chi connectivity index (χ1n) is 5.06. The summed E-state index contributed by atoms with van der Waals surface area (Å²) < 4.78 is 47.7. The van der Waals surface area contributed by atoms with Gasteiger partial charge in [-0.05, 0) is 19.3 Å². The average Bonchev–Trinajstić information content (AvgIpc) is 2.41. The fourth-order valence-electron chi connectivity index (χ4n) is 1.65.